The zero-order valence-electron chi connectivity index (χ0n) is 14.0. The van der Waals surface area contributed by atoms with Crippen LogP contribution in [-0.4, -0.2) is 23.5 Å². The summed E-state index contributed by atoms with van der Waals surface area (Å²) >= 11 is 0. The van der Waals surface area contributed by atoms with E-state index in [1.54, 1.807) is 0 Å². The van der Waals surface area contributed by atoms with Crippen LogP contribution >= 0.6 is 0 Å². The molecule has 1 aliphatic heterocycles. The molecule has 0 unspecified atom stereocenters. The molecule has 3 nitrogen and oxygen atoms in total. The molecule has 1 aromatic heterocycles. The molecule has 1 N–H and O–H groups in total. The number of nitrogens with zero attached hydrogens (tertiary/aromatic N) is 1. The number of aryl methyl sites for hydroxylation is 1. The second kappa shape index (κ2) is 5.53. The van der Waals surface area contributed by atoms with E-state index in [-0.39, 0.29) is 5.54 Å². The Morgan fingerprint density at radius 3 is 2.60 bits per heavy atom. The van der Waals surface area contributed by atoms with E-state index in [0.717, 1.165) is 24.6 Å². The molecule has 0 radical (unpaired) electrons. The molecule has 0 bridgehead atoms. The highest BCUT2D eigenvalue weighted by atomic mass is 16.3. The summed E-state index contributed by atoms with van der Waals surface area (Å²) in [5, 5.41) is 3.48. The first kappa shape index (κ1) is 15.6. The van der Waals surface area contributed by atoms with E-state index in [0.29, 0.717) is 5.41 Å². The monoisotopic (exact) mass is 278 g/mol. The second-order valence-electron chi connectivity index (χ2n) is 8.02. The van der Waals surface area contributed by atoms with Crippen molar-refractivity contribution in [1.82, 2.24) is 10.2 Å². The number of hydrogen-bond acceptors (Lipinski definition) is 3. The maximum absolute atomic E-state index is 5.88. The number of likely N-dealkylation sites (tertiary alicyclic amines) is 1. The lowest BCUT2D eigenvalue weighted by Gasteiger charge is -2.19. The van der Waals surface area contributed by atoms with Gasteiger partial charge in [0.15, 0.2) is 0 Å². The molecule has 0 aromatic carbocycles. The van der Waals surface area contributed by atoms with Gasteiger partial charge in [0.05, 0.1) is 6.54 Å². The van der Waals surface area contributed by atoms with Gasteiger partial charge in [0, 0.05) is 24.2 Å². The highest BCUT2D eigenvalue weighted by Gasteiger charge is 2.29. The van der Waals surface area contributed by atoms with Crippen LogP contribution in [-0.2, 0) is 13.1 Å². The van der Waals surface area contributed by atoms with Gasteiger partial charge in [-0.3, -0.25) is 4.90 Å². The van der Waals surface area contributed by atoms with Crippen molar-refractivity contribution in [2.45, 2.75) is 66.6 Å². The van der Waals surface area contributed by atoms with Crippen LogP contribution in [0.25, 0.3) is 0 Å². The van der Waals surface area contributed by atoms with Crippen molar-refractivity contribution in [3.63, 3.8) is 0 Å². The third-order valence-corrected chi connectivity index (χ3v) is 4.01. The normalized spacial score (nSPS) is 19.7. The van der Waals surface area contributed by atoms with Crippen molar-refractivity contribution in [2.75, 3.05) is 13.1 Å². The third kappa shape index (κ3) is 4.35. The Kier molecular flexibility index (Phi) is 4.31. The summed E-state index contributed by atoms with van der Waals surface area (Å²) in [4.78, 5) is 2.54. The minimum absolute atomic E-state index is 0.125. The van der Waals surface area contributed by atoms with Gasteiger partial charge in [-0.1, -0.05) is 13.8 Å². The fraction of sp³-hybridized carbons (Fsp3) is 0.765. The summed E-state index contributed by atoms with van der Waals surface area (Å²) in [5.41, 5.74) is 1.93. The largest absolute Gasteiger partial charge is 0.465 e. The van der Waals surface area contributed by atoms with Gasteiger partial charge in [0.1, 0.15) is 11.5 Å². The molecule has 1 saturated heterocycles. The minimum Gasteiger partial charge on any atom is -0.465 e. The summed E-state index contributed by atoms with van der Waals surface area (Å²) < 4.78 is 5.88. The van der Waals surface area contributed by atoms with Crippen molar-refractivity contribution in [3.05, 3.63) is 23.2 Å². The fourth-order valence-corrected chi connectivity index (χ4v) is 2.78. The lowest BCUT2D eigenvalue weighted by atomic mass is 9.93. The Labute approximate surface area is 123 Å². The fourth-order valence-electron chi connectivity index (χ4n) is 2.78. The molecule has 2 heterocycles. The first-order valence-corrected chi connectivity index (χ1v) is 7.70. The van der Waals surface area contributed by atoms with Crippen molar-refractivity contribution < 1.29 is 4.42 Å². The molecule has 0 atom stereocenters. The van der Waals surface area contributed by atoms with Crippen LogP contribution in [0.1, 0.15) is 58.1 Å². The zero-order valence-corrected chi connectivity index (χ0v) is 14.0. The third-order valence-electron chi connectivity index (χ3n) is 4.01. The number of nitrogens with one attached hydrogen (secondary N) is 1. The maximum Gasteiger partial charge on any atom is 0.118 e. The molecular formula is C17H30N2O. The van der Waals surface area contributed by atoms with Gasteiger partial charge in [-0.15, -0.1) is 0 Å². The van der Waals surface area contributed by atoms with Crippen molar-refractivity contribution in [2.24, 2.45) is 5.41 Å². The van der Waals surface area contributed by atoms with Gasteiger partial charge in [-0.05, 0) is 52.1 Å². The van der Waals surface area contributed by atoms with E-state index in [2.05, 4.69) is 57.8 Å². The quantitative estimate of drug-likeness (QED) is 0.910. The SMILES string of the molecule is Cc1oc(CNC(C)(C)C)cc1CN1CCC(C)(C)C1. The molecule has 2 rings (SSSR count). The lowest BCUT2D eigenvalue weighted by molar-refractivity contribution is 0.282. The topological polar surface area (TPSA) is 28.4 Å². The Hall–Kier alpha value is -0.800. The van der Waals surface area contributed by atoms with Crippen molar-refractivity contribution >= 4 is 0 Å². The number of rotatable bonds is 4. The van der Waals surface area contributed by atoms with E-state index < -0.39 is 0 Å². The van der Waals surface area contributed by atoms with E-state index in [4.69, 9.17) is 4.42 Å². The van der Waals surface area contributed by atoms with E-state index in [1.165, 1.54) is 25.1 Å². The Bertz CT molecular complexity index is 454. The van der Waals surface area contributed by atoms with Gasteiger partial charge in [-0.25, -0.2) is 0 Å². The summed E-state index contributed by atoms with van der Waals surface area (Å²) in [5.74, 6) is 2.12. The maximum atomic E-state index is 5.88. The summed E-state index contributed by atoms with van der Waals surface area (Å²) in [6, 6.07) is 2.22. The van der Waals surface area contributed by atoms with Crippen LogP contribution in [0.3, 0.4) is 0 Å². The van der Waals surface area contributed by atoms with Crippen LogP contribution in [0.4, 0.5) is 0 Å². The van der Waals surface area contributed by atoms with Crippen LogP contribution in [0.15, 0.2) is 10.5 Å². The molecular weight excluding hydrogens is 248 g/mol. The molecule has 1 aromatic rings. The molecule has 20 heavy (non-hydrogen) atoms. The standard InChI is InChI=1S/C17H30N2O/c1-13-14(11-19-8-7-17(5,6)12-19)9-15(20-13)10-18-16(2,3)4/h9,18H,7-8,10-12H2,1-6H3. The molecule has 1 fully saturated rings. The highest BCUT2D eigenvalue weighted by molar-refractivity contribution is 5.21. The van der Waals surface area contributed by atoms with Gasteiger partial charge in [0.25, 0.3) is 0 Å². The molecule has 0 spiro atoms. The molecule has 0 amide bonds. The predicted octanol–water partition coefficient (Wildman–Crippen LogP) is 3.71. The lowest BCUT2D eigenvalue weighted by Crippen LogP contribution is -2.34. The first-order chi connectivity index (χ1) is 9.15. The Balaban J connectivity index is 1.94. The van der Waals surface area contributed by atoms with Gasteiger partial charge < -0.3 is 9.73 Å². The second-order valence-corrected chi connectivity index (χ2v) is 8.02. The minimum atomic E-state index is 0.125. The van der Waals surface area contributed by atoms with Gasteiger partial charge in [-0.2, -0.15) is 0 Å². The van der Waals surface area contributed by atoms with Gasteiger partial charge >= 0.3 is 0 Å². The summed E-state index contributed by atoms with van der Waals surface area (Å²) in [6.07, 6.45) is 1.29. The smallest absolute Gasteiger partial charge is 0.118 e. The first-order valence-electron chi connectivity index (χ1n) is 7.70. The van der Waals surface area contributed by atoms with Crippen LogP contribution in [0.5, 0.6) is 0 Å². The molecule has 114 valence electrons. The summed E-state index contributed by atoms with van der Waals surface area (Å²) in [6.45, 7) is 17.5. The average molecular weight is 278 g/mol. The van der Waals surface area contributed by atoms with Crippen LogP contribution < -0.4 is 5.32 Å². The number of hydrogen-bond donors (Lipinski definition) is 1. The predicted molar refractivity (Wildman–Crippen MR) is 83.7 cm³/mol. The zero-order chi connectivity index (χ0) is 15.0. The molecule has 0 aliphatic carbocycles. The Morgan fingerprint density at radius 1 is 1.35 bits per heavy atom. The Morgan fingerprint density at radius 2 is 2.05 bits per heavy atom. The van der Waals surface area contributed by atoms with E-state index in [9.17, 15) is 0 Å². The van der Waals surface area contributed by atoms with Crippen molar-refractivity contribution in [3.8, 4) is 0 Å². The van der Waals surface area contributed by atoms with E-state index >= 15 is 0 Å². The summed E-state index contributed by atoms with van der Waals surface area (Å²) in [7, 11) is 0. The molecule has 0 saturated carbocycles. The van der Waals surface area contributed by atoms with Gasteiger partial charge in [0.2, 0.25) is 0 Å². The average Bonchev–Trinajstić information content (AvgIpc) is 2.80. The highest BCUT2D eigenvalue weighted by Crippen LogP contribution is 2.30. The molecule has 3 heteroatoms. The van der Waals surface area contributed by atoms with Crippen LogP contribution in [0, 0.1) is 12.3 Å². The van der Waals surface area contributed by atoms with E-state index in [1.807, 2.05) is 0 Å². The molecule has 1 aliphatic rings. The van der Waals surface area contributed by atoms with Crippen LogP contribution in [0.2, 0.25) is 0 Å². The number of furan rings is 1. The van der Waals surface area contributed by atoms with Crippen molar-refractivity contribution in [1.29, 1.82) is 0 Å².